The highest BCUT2D eigenvalue weighted by Gasteiger charge is 2.20. The van der Waals surface area contributed by atoms with E-state index in [1.807, 2.05) is 43.3 Å². The van der Waals surface area contributed by atoms with Gasteiger partial charge in [-0.05, 0) is 74.8 Å². The number of carbonyl (C=O) groups excluding carboxylic acids is 2. The van der Waals surface area contributed by atoms with Crippen molar-refractivity contribution >= 4 is 34.5 Å². The fourth-order valence-electron chi connectivity index (χ4n) is 5.03. The first-order valence-corrected chi connectivity index (χ1v) is 13.6. The van der Waals surface area contributed by atoms with E-state index in [0.29, 0.717) is 46.8 Å². The molecule has 9 heteroatoms. The summed E-state index contributed by atoms with van der Waals surface area (Å²) < 4.78 is 0. The number of fused-ring (bicyclic) bond motifs is 1. The van der Waals surface area contributed by atoms with Gasteiger partial charge in [-0.1, -0.05) is 30.3 Å². The molecule has 1 aliphatic heterocycles. The van der Waals surface area contributed by atoms with Crippen molar-refractivity contribution in [2.75, 3.05) is 26.2 Å². The van der Waals surface area contributed by atoms with E-state index in [4.69, 9.17) is 15.1 Å². The van der Waals surface area contributed by atoms with Crippen molar-refractivity contribution in [3.05, 3.63) is 94.5 Å². The van der Waals surface area contributed by atoms with Crippen LogP contribution in [0.1, 0.15) is 50.2 Å². The number of amides is 1. The van der Waals surface area contributed by atoms with Gasteiger partial charge in [0.2, 0.25) is 0 Å². The summed E-state index contributed by atoms with van der Waals surface area (Å²) in [6.45, 7) is 4.61. The lowest BCUT2D eigenvalue weighted by atomic mass is 9.98. The summed E-state index contributed by atoms with van der Waals surface area (Å²) in [5.74, 6) is -0.271. The molecule has 0 bridgehead atoms. The van der Waals surface area contributed by atoms with Crippen LogP contribution in [0.25, 0.3) is 10.9 Å². The van der Waals surface area contributed by atoms with Gasteiger partial charge in [-0.15, -0.1) is 0 Å². The monoisotopic (exact) mass is 549 g/mol. The Morgan fingerprint density at radius 3 is 2.56 bits per heavy atom. The highest BCUT2D eigenvalue weighted by atomic mass is 16.6. The van der Waals surface area contributed by atoms with Gasteiger partial charge in [-0.3, -0.25) is 14.4 Å². The number of piperidine rings is 1. The van der Waals surface area contributed by atoms with Crippen LogP contribution in [-0.2, 0) is 4.84 Å². The minimum Gasteiger partial charge on any atom is -0.494 e. The van der Waals surface area contributed by atoms with E-state index in [2.05, 4.69) is 21.4 Å². The van der Waals surface area contributed by atoms with E-state index in [9.17, 15) is 14.7 Å². The molecular weight excluding hydrogens is 518 g/mol. The Bertz CT molecular complexity index is 1610. The van der Waals surface area contributed by atoms with Crippen LogP contribution in [-0.4, -0.2) is 59.1 Å². The van der Waals surface area contributed by atoms with Gasteiger partial charge < -0.3 is 15.0 Å². The molecule has 4 aromatic rings. The summed E-state index contributed by atoms with van der Waals surface area (Å²) in [5, 5.41) is 20.7. The number of aliphatic imine (C=N–C) groups is 1. The van der Waals surface area contributed by atoms with E-state index in [1.54, 1.807) is 30.3 Å². The maximum absolute atomic E-state index is 12.6. The van der Waals surface area contributed by atoms with Crippen molar-refractivity contribution in [2.45, 2.75) is 19.8 Å². The van der Waals surface area contributed by atoms with Crippen LogP contribution in [0, 0.1) is 24.2 Å². The number of carbonyl (C=O) groups is 2. The molecular formula is C32H31N5O4. The van der Waals surface area contributed by atoms with Gasteiger partial charge in [-0.2, -0.15) is 5.26 Å². The first-order chi connectivity index (χ1) is 20.0. The molecule has 0 atom stereocenters. The van der Waals surface area contributed by atoms with Crippen molar-refractivity contribution < 1.29 is 19.5 Å². The van der Waals surface area contributed by atoms with Crippen molar-refractivity contribution in [2.24, 2.45) is 10.9 Å². The number of hydrogen-bond donors (Lipinski definition) is 3. The topological polar surface area (TPSA) is 131 Å². The second kappa shape index (κ2) is 12.6. The Morgan fingerprint density at radius 1 is 1.15 bits per heavy atom. The van der Waals surface area contributed by atoms with Crippen LogP contribution in [0.2, 0.25) is 0 Å². The molecule has 3 aromatic carbocycles. The number of nitrogens with zero attached hydrogens (tertiary/aromatic N) is 3. The number of H-pyrrole nitrogens is 1. The number of nitrogens with one attached hydrogen (secondary N) is 2. The quantitative estimate of drug-likeness (QED) is 0.116. The summed E-state index contributed by atoms with van der Waals surface area (Å²) in [6.07, 6.45) is 2.52. The third-order valence-electron chi connectivity index (χ3n) is 7.39. The minimum atomic E-state index is -0.359. The van der Waals surface area contributed by atoms with E-state index in [0.717, 1.165) is 48.7 Å². The lowest BCUT2D eigenvalue weighted by Crippen LogP contribution is -2.37. The molecule has 1 aromatic heterocycles. The van der Waals surface area contributed by atoms with Crippen molar-refractivity contribution in [1.29, 1.82) is 5.26 Å². The normalized spacial score (nSPS) is 14.6. The Balaban J connectivity index is 1.32. The predicted molar refractivity (Wildman–Crippen MR) is 156 cm³/mol. The van der Waals surface area contributed by atoms with E-state index in [-0.39, 0.29) is 17.7 Å². The predicted octanol–water partition coefficient (Wildman–Crippen LogP) is 5.06. The molecule has 0 spiro atoms. The molecule has 0 radical (unpaired) electrons. The molecule has 1 saturated heterocycles. The molecule has 208 valence electrons. The third-order valence-corrected chi connectivity index (χ3v) is 7.39. The maximum atomic E-state index is 12.6. The molecule has 9 nitrogen and oxygen atoms in total. The van der Waals surface area contributed by atoms with Gasteiger partial charge in [0.15, 0.2) is 5.88 Å². The van der Waals surface area contributed by atoms with Gasteiger partial charge >= 0.3 is 0 Å². The van der Waals surface area contributed by atoms with Gasteiger partial charge in [0.05, 0.1) is 29.6 Å². The standard InChI is InChI=1S/C32H31N5O4/c1-21-17-27-28(18-25(21)20-38)35-32(40)29(27)30(23-5-3-2-4-6-23)34-26-9-7-24(8-10-26)31(39)36-41-16-15-37-13-11-22(19-33)12-14-37/h2-10,17-18,20,22,35,40H,11-16H2,1H3,(H,36,39). The van der Waals surface area contributed by atoms with Crippen LogP contribution in [0.15, 0.2) is 71.7 Å². The number of hydroxylamine groups is 1. The van der Waals surface area contributed by atoms with Gasteiger partial charge in [0, 0.05) is 40.1 Å². The second-order valence-corrected chi connectivity index (χ2v) is 10.1. The number of benzene rings is 3. The smallest absolute Gasteiger partial charge is 0.274 e. The number of aromatic amines is 1. The van der Waals surface area contributed by atoms with Crippen LogP contribution in [0.3, 0.4) is 0 Å². The Hall–Kier alpha value is -4.78. The molecule has 0 aliphatic carbocycles. The third kappa shape index (κ3) is 6.35. The second-order valence-electron chi connectivity index (χ2n) is 10.1. The zero-order valence-electron chi connectivity index (χ0n) is 22.8. The van der Waals surface area contributed by atoms with Crippen LogP contribution >= 0.6 is 0 Å². The average Bonchev–Trinajstić information content (AvgIpc) is 3.32. The van der Waals surface area contributed by atoms with Crippen LogP contribution in [0.4, 0.5) is 5.69 Å². The molecule has 2 heterocycles. The molecule has 41 heavy (non-hydrogen) atoms. The zero-order chi connectivity index (χ0) is 28.8. The Kier molecular flexibility index (Phi) is 8.53. The summed E-state index contributed by atoms with van der Waals surface area (Å²) in [6, 6.07) is 22.2. The molecule has 0 unspecified atom stereocenters. The molecule has 3 N–H and O–H groups in total. The number of nitriles is 1. The van der Waals surface area contributed by atoms with E-state index >= 15 is 0 Å². The summed E-state index contributed by atoms with van der Waals surface area (Å²) >= 11 is 0. The van der Waals surface area contributed by atoms with Crippen LogP contribution in [0.5, 0.6) is 5.88 Å². The Labute approximate surface area is 238 Å². The summed E-state index contributed by atoms with van der Waals surface area (Å²) in [5.41, 5.74) is 7.35. The number of aryl methyl sites for hydroxylation is 1. The highest BCUT2D eigenvalue weighted by molar-refractivity contribution is 6.22. The van der Waals surface area contributed by atoms with E-state index < -0.39 is 0 Å². The number of rotatable bonds is 9. The van der Waals surface area contributed by atoms with Crippen molar-refractivity contribution in [3.63, 3.8) is 0 Å². The number of aldehydes is 1. The molecule has 1 aliphatic rings. The van der Waals surface area contributed by atoms with Gasteiger partial charge in [-0.25, -0.2) is 10.5 Å². The average molecular weight is 550 g/mol. The van der Waals surface area contributed by atoms with E-state index in [1.165, 1.54) is 0 Å². The number of likely N-dealkylation sites (tertiary alicyclic amines) is 1. The van der Waals surface area contributed by atoms with Crippen molar-refractivity contribution in [3.8, 4) is 11.9 Å². The zero-order valence-corrected chi connectivity index (χ0v) is 22.8. The first kappa shape index (κ1) is 27.8. The number of aromatic hydroxyl groups is 1. The SMILES string of the molecule is Cc1cc2c(C(=Nc3ccc(C(=O)NOCCN4CCC(C#N)CC4)cc3)c3ccccc3)c(O)[nH]c2cc1C=O. The van der Waals surface area contributed by atoms with Crippen molar-refractivity contribution in [1.82, 2.24) is 15.4 Å². The number of aromatic nitrogens is 1. The fraction of sp³-hybridized carbons (Fsp3) is 0.250. The first-order valence-electron chi connectivity index (χ1n) is 13.6. The largest absolute Gasteiger partial charge is 0.494 e. The van der Waals surface area contributed by atoms with Gasteiger partial charge in [0.25, 0.3) is 5.91 Å². The molecule has 1 amide bonds. The molecule has 0 saturated carbocycles. The minimum absolute atomic E-state index is 0.0485. The van der Waals surface area contributed by atoms with Crippen LogP contribution < -0.4 is 5.48 Å². The fourth-order valence-corrected chi connectivity index (χ4v) is 5.03. The summed E-state index contributed by atoms with van der Waals surface area (Å²) in [4.78, 5) is 39.5. The number of hydrogen-bond acceptors (Lipinski definition) is 7. The Morgan fingerprint density at radius 2 is 1.88 bits per heavy atom. The maximum Gasteiger partial charge on any atom is 0.274 e. The summed E-state index contributed by atoms with van der Waals surface area (Å²) in [7, 11) is 0. The highest BCUT2D eigenvalue weighted by Crippen LogP contribution is 2.33. The molecule has 5 rings (SSSR count). The lowest BCUT2D eigenvalue weighted by molar-refractivity contribution is 0.0197. The van der Waals surface area contributed by atoms with Gasteiger partial charge in [0.1, 0.15) is 6.29 Å². The molecule has 1 fully saturated rings. The lowest BCUT2D eigenvalue weighted by Gasteiger charge is -2.28.